The van der Waals surface area contributed by atoms with Gasteiger partial charge in [-0.15, -0.1) is 0 Å². The summed E-state index contributed by atoms with van der Waals surface area (Å²) in [6.45, 7) is 3.90. The van der Waals surface area contributed by atoms with Crippen LogP contribution in [0.15, 0.2) is 34.2 Å². The van der Waals surface area contributed by atoms with Gasteiger partial charge in [0.25, 0.3) is 0 Å². The van der Waals surface area contributed by atoms with Gasteiger partial charge < -0.3 is 4.90 Å². The van der Waals surface area contributed by atoms with Crippen molar-refractivity contribution in [2.45, 2.75) is 18.4 Å². The lowest BCUT2D eigenvalue weighted by Crippen LogP contribution is -2.27. The number of hydrogen-bond donors (Lipinski definition) is 0. The van der Waals surface area contributed by atoms with Gasteiger partial charge in [-0.2, -0.15) is 0 Å². The van der Waals surface area contributed by atoms with E-state index in [-0.39, 0.29) is 0 Å². The first-order valence-corrected chi connectivity index (χ1v) is 5.64. The molecule has 0 amide bonds. The highest BCUT2D eigenvalue weighted by atomic mass is 32.2. The van der Waals surface area contributed by atoms with Crippen LogP contribution >= 0.6 is 11.8 Å². The minimum absolute atomic E-state index is 0.856. The van der Waals surface area contributed by atoms with Gasteiger partial charge in [0.05, 0.1) is 0 Å². The van der Waals surface area contributed by atoms with Gasteiger partial charge in [0.1, 0.15) is 0 Å². The number of amidine groups is 1. The minimum atomic E-state index is 0.856. The van der Waals surface area contributed by atoms with Crippen LogP contribution in [0, 0.1) is 0 Å². The van der Waals surface area contributed by atoms with Crippen molar-refractivity contribution in [1.82, 2.24) is 4.90 Å². The summed E-state index contributed by atoms with van der Waals surface area (Å²) in [6, 6.07) is 8.52. The molecule has 1 aromatic carbocycles. The molecule has 0 N–H and O–H groups in total. The molecule has 0 unspecified atom stereocenters. The molecule has 2 nitrogen and oxygen atoms in total. The number of rotatable bonds is 1. The summed E-state index contributed by atoms with van der Waals surface area (Å²) in [7, 11) is 2.09. The molecule has 3 heteroatoms. The van der Waals surface area contributed by atoms with E-state index in [2.05, 4.69) is 48.1 Å². The van der Waals surface area contributed by atoms with E-state index >= 15 is 0 Å². The second-order valence-corrected chi connectivity index (χ2v) is 4.33. The summed E-state index contributed by atoms with van der Waals surface area (Å²) < 4.78 is 0. The zero-order valence-electron chi connectivity index (χ0n) is 8.53. The molecule has 0 aliphatic carbocycles. The van der Waals surface area contributed by atoms with Gasteiger partial charge >= 0.3 is 0 Å². The van der Waals surface area contributed by atoms with Crippen molar-refractivity contribution in [3.05, 3.63) is 29.8 Å². The standard InChI is InChI=1S/C11H14N2S/c1-3-12-11-13(2)8-9-6-4-5-7-10(9)14-11/h4-7H,3,8H2,1-2H3. The van der Waals surface area contributed by atoms with Crippen LogP contribution in [0.4, 0.5) is 0 Å². The van der Waals surface area contributed by atoms with E-state index in [4.69, 9.17) is 0 Å². The Morgan fingerprint density at radius 2 is 2.21 bits per heavy atom. The zero-order chi connectivity index (χ0) is 9.97. The van der Waals surface area contributed by atoms with Gasteiger partial charge in [0.2, 0.25) is 0 Å². The third-order valence-corrected chi connectivity index (χ3v) is 3.44. The van der Waals surface area contributed by atoms with Crippen LogP contribution in [0.5, 0.6) is 0 Å². The van der Waals surface area contributed by atoms with Gasteiger partial charge in [-0.1, -0.05) is 30.0 Å². The van der Waals surface area contributed by atoms with Crippen LogP contribution in [0.25, 0.3) is 0 Å². The quantitative estimate of drug-likeness (QED) is 0.702. The lowest BCUT2D eigenvalue weighted by Gasteiger charge is -2.27. The van der Waals surface area contributed by atoms with Crippen molar-refractivity contribution in [1.29, 1.82) is 0 Å². The second-order valence-electron chi connectivity index (χ2n) is 3.32. The summed E-state index contributed by atoms with van der Waals surface area (Å²) in [5, 5.41) is 1.13. The highest BCUT2D eigenvalue weighted by Gasteiger charge is 2.17. The monoisotopic (exact) mass is 206 g/mol. The van der Waals surface area contributed by atoms with Crippen LogP contribution in [0.2, 0.25) is 0 Å². The highest BCUT2D eigenvalue weighted by Crippen LogP contribution is 2.30. The van der Waals surface area contributed by atoms with Crippen molar-refractivity contribution in [2.24, 2.45) is 4.99 Å². The SMILES string of the molecule is CCN=C1Sc2ccccc2CN1C. The zero-order valence-corrected chi connectivity index (χ0v) is 9.34. The topological polar surface area (TPSA) is 15.6 Å². The van der Waals surface area contributed by atoms with Crippen molar-refractivity contribution in [3.8, 4) is 0 Å². The van der Waals surface area contributed by atoms with Crippen LogP contribution in [0.1, 0.15) is 12.5 Å². The van der Waals surface area contributed by atoms with Crippen LogP contribution in [-0.4, -0.2) is 23.7 Å². The molecule has 0 spiro atoms. The molecule has 0 fully saturated rings. The van der Waals surface area contributed by atoms with Gasteiger partial charge in [-0.05, 0) is 18.6 Å². The minimum Gasteiger partial charge on any atom is -0.350 e. The molecule has 14 heavy (non-hydrogen) atoms. The molecule has 74 valence electrons. The first-order chi connectivity index (χ1) is 6.81. The Hall–Kier alpha value is -0.960. The maximum absolute atomic E-state index is 4.47. The maximum Gasteiger partial charge on any atom is 0.164 e. The number of nitrogens with zero attached hydrogens (tertiary/aromatic N) is 2. The van der Waals surface area contributed by atoms with Crippen molar-refractivity contribution in [2.75, 3.05) is 13.6 Å². The summed E-state index contributed by atoms with van der Waals surface area (Å²) in [5.74, 6) is 0. The summed E-state index contributed by atoms with van der Waals surface area (Å²) in [5.41, 5.74) is 1.40. The number of fused-ring (bicyclic) bond motifs is 1. The first kappa shape index (κ1) is 9.59. The van der Waals surface area contributed by atoms with Gasteiger partial charge in [-0.3, -0.25) is 4.99 Å². The van der Waals surface area contributed by atoms with Crippen LogP contribution < -0.4 is 0 Å². The fourth-order valence-corrected chi connectivity index (χ4v) is 2.54. The fourth-order valence-electron chi connectivity index (χ4n) is 1.52. The molecule has 0 atom stereocenters. The number of thioether (sulfide) groups is 1. The lowest BCUT2D eigenvalue weighted by atomic mass is 10.2. The van der Waals surface area contributed by atoms with Crippen LogP contribution in [-0.2, 0) is 6.54 Å². The Morgan fingerprint density at radius 3 is 3.00 bits per heavy atom. The number of hydrogen-bond acceptors (Lipinski definition) is 2. The van der Waals surface area contributed by atoms with E-state index in [1.54, 1.807) is 11.8 Å². The molecule has 1 aliphatic heterocycles. The fraction of sp³-hybridized carbons (Fsp3) is 0.364. The molecule has 1 aliphatic rings. The van der Waals surface area contributed by atoms with Gasteiger partial charge in [0.15, 0.2) is 5.17 Å². The molecule has 0 bridgehead atoms. The van der Waals surface area contributed by atoms with Crippen LogP contribution in [0.3, 0.4) is 0 Å². The number of aliphatic imine (C=N–C) groups is 1. The molecule has 0 saturated heterocycles. The molecule has 0 radical (unpaired) electrons. The smallest absolute Gasteiger partial charge is 0.164 e. The van der Waals surface area contributed by atoms with Crippen molar-refractivity contribution >= 4 is 16.9 Å². The van der Waals surface area contributed by atoms with Crippen molar-refractivity contribution in [3.63, 3.8) is 0 Å². The lowest BCUT2D eigenvalue weighted by molar-refractivity contribution is 0.499. The average Bonchev–Trinajstić information content (AvgIpc) is 2.19. The van der Waals surface area contributed by atoms with E-state index in [1.807, 2.05) is 0 Å². The van der Waals surface area contributed by atoms with Crippen molar-refractivity contribution < 1.29 is 0 Å². The Labute approximate surface area is 89.0 Å². The molecule has 0 saturated carbocycles. The summed E-state index contributed by atoms with van der Waals surface area (Å²) >= 11 is 1.77. The van der Waals surface area contributed by atoms with E-state index in [9.17, 15) is 0 Å². The second kappa shape index (κ2) is 4.05. The Kier molecular flexibility index (Phi) is 2.77. The third-order valence-electron chi connectivity index (χ3n) is 2.20. The normalized spacial score (nSPS) is 18.4. The predicted octanol–water partition coefficient (Wildman–Crippen LogP) is 2.60. The molecule has 0 aromatic heterocycles. The molecular weight excluding hydrogens is 192 g/mol. The van der Waals surface area contributed by atoms with Gasteiger partial charge in [0, 0.05) is 25.0 Å². The van der Waals surface area contributed by atoms with E-state index < -0.39 is 0 Å². The average molecular weight is 206 g/mol. The Balaban J connectivity index is 2.31. The Bertz CT molecular complexity index is 360. The van der Waals surface area contributed by atoms with E-state index in [1.165, 1.54) is 10.5 Å². The molecule has 1 heterocycles. The van der Waals surface area contributed by atoms with E-state index in [0.717, 1.165) is 18.3 Å². The molecular formula is C11H14N2S. The molecule has 2 rings (SSSR count). The predicted molar refractivity (Wildman–Crippen MR) is 61.7 cm³/mol. The Morgan fingerprint density at radius 1 is 1.43 bits per heavy atom. The highest BCUT2D eigenvalue weighted by molar-refractivity contribution is 8.13. The molecule has 1 aromatic rings. The number of benzene rings is 1. The van der Waals surface area contributed by atoms with E-state index in [0.29, 0.717) is 0 Å². The summed E-state index contributed by atoms with van der Waals surface area (Å²) in [4.78, 5) is 8.02. The largest absolute Gasteiger partial charge is 0.350 e. The summed E-state index contributed by atoms with van der Waals surface area (Å²) in [6.07, 6.45) is 0. The van der Waals surface area contributed by atoms with Gasteiger partial charge in [-0.25, -0.2) is 0 Å². The first-order valence-electron chi connectivity index (χ1n) is 4.82. The third kappa shape index (κ3) is 1.77. The maximum atomic E-state index is 4.47.